The van der Waals surface area contributed by atoms with E-state index < -0.39 is 6.04 Å². The number of halogens is 1. The van der Waals surface area contributed by atoms with Gasteiger partial charge in [-0.1, -0.05) is 48.8 Å². The molecule has 0 saturated heterocycles. The van der Waals surface area contributed by atoms with E-state index >= 15 is 0 Å². The minimum Gasteiger partial charge on any atom is -0.494 e. The van der Waals surface area contributed by atoms with Gasteiger partial charge in [0.1, 0.15) is 11.3 Å². The fourth-order valence-electron chi connectivity index (χ4n) is 4.35. The summed E-state index contributed by atoms with van der Waals surface area (Å²) >= 11 is 3.44. The molecule has 4 rings (SSSR count). The van der Waals surface area contributed by atoms with Gasteiger partial charge < -0.3 is 19.0 Å². The lowest BCUT2D eigenvalue weighted by molar-refractivity contribution is 0.0708. The lowest BCUT2D eigenvalue weighted by atomic mass is 9.98. The number of rotatable bonds is 9. The Morgan fingerprint density at radius 3 is 2.61 bits per heavy atom. The molecule has 0 bridgehead atoms. The molecule has 174 valence electrons. The molecule has 7 heteroatoms. The van der Waals surface area contributed by atoms with Crippen LogP contribution >= 0.6 is 15.9 Å². The van der Waals surface area contributed by atoms with E-state index in [0.717, 1.165) is 35.3 Å². The number of amides is 1. The summed E-state index contributed by atoms with van der Waals surface area (Å²) in [5.74, 6) is 0.620. The van der Waals surface area contributed by atoms with Crippen LogP contribution in [0.5, 0.6) is 5.75 Å². The maximum absolute atomic E-state index is 13.7. The van der Waals surface area contributed by atoms with Crippen LogP contribution in [0, 0.1) is 0 Å². The summed E-state index contributed by atoms with van der Waals surface area (Å²) in [6, 6.07) is 12.4. The minimum atomic E-state index is -0.520. The van der Waals surface area contributed by atoms with Gasteiger partial charge in [-0.05, 0) is 55.4 Å². The molecule has 0 fully saturated rings. The Hall–Kier alpha value is -2.64. The Morgan fingerprint density at radius 1 is 1.09 bits per heavy atom. The molecule has 1 aliphatic heterocycles. The fourth-order valence-corrected chi connectivity index (χ4v) is 4.71. The van der Waals surface area contributed by atoms with Crippen molar-refractivity contribution in [2.75, 3.05) is 32.8 Å². The zero-order chi connectivity index (χ0) is 23.5. The number of hydrogen-bond acceptors (Lipinski definition) is 5. The van der Waals surface area contributed by atoms with Crippen LogP contribution in [0.4, 0.5) is 0 Å². The molecule has 1 aliphatic rings. The van der Waals surface area contributed by atoms with Crippen molar-refractivity contribution in [3.8, 4) is 5.75 Å². The molecule has 1 unspecified atom stereocenters. The lowest BCUT2D eigenvalue weighted by Crippen LogP contribution is -2.37. The molecule has 6 nitrogen and oxygen atoms in total. The minimum absolute atomic E-state index is 0.138. The quantitative estimate of drug-likeness (QED) is 0.392. The maximum atomic E-state index is 13.7. The van der Waals surface area contributed by atoms with Crippen LogP contribution < -0.4 is 10.2 Å². The van der Waals surface area contributed by atoms with E-state index in [-0.39, 0.29) is 17.1 Å². The number of nitrogens with zero attached hydrogens (tertiary/aromatic N) is 2. The number of carbonyl (C=O) groups is 1. The van der Waals surface area contributed by atoms with Gasteiger partial charge in [-0.15, -0.1) is 0 Å². The molecule has 2 heterocycles. The fraction of sp³-hybridized carbons (Fsp3) is 0.385. The van der Waals surface area contributed by atoms with Crippen molar-refractivity contribution in [1.29, 1.82) is 0 Å². The third-order valence-corrected chi connectivity index (χ3v) is 6.62. The van der Waals surface area contributed by atoms with Crippen LogP contribution in [0.1, 0.15) is 54.9 Å². The second-order valence-corrected chi connectivity index (χ2v) is 9.08. The normalized spacial score (nSPS) is 15.5. The van der Waals surface area contributed by atoms with Crippen molar-refractivity contribution in [2.24, 2.45) is 0 Å². The first-order valence-corrected chi connectivity index (χ1v) is 12.3. The molecule has 0 aliphatic carbocycles. The van der Waals surface area contributed by atoms with E-state index in [1.165, 1.54) is 0 Å². The smallest absolute Gasteiger partial charge is 0.290 e. The zero-order valence-corrected chi connectivity index (χ0v) is 20.9. The average Bonchev–Trinajstić information content (AvgIpc) is 3.11. The van der Waals surface area contributed by atoms with Gasteiger partial charge in [0.15, 0.2) is 5.43 Å². The number of likely N-dealkylation sites (N-methyl/N-ethyl adjacent to an activating group) is 1. The van der Waals surface area contributed by atoms with Crippen LogP contribution in [-0.4, -0.2) is 48.5 Å². The van der Waals surface area contributed by atoms with Gasteiger partial charge >= 0.3 is 0 Å². The second kappa shape index (κ2) is 10.1. The Labute approximate surface area is 202 Å². The summed E-state index contributed by atoms with van der Waals surface area (Å²) in [4.78, 5) is 31.2. The van der Waals surface area contributed by atoms with Crippen LogP contribution in [0.3, 0.4) is 0 Å². The summed E-state index contributed by atoms with van der Waals surface area (Å²) in [5.41, 5.74) is 1.49. The van der Waals surface area contributed by atoms with E-state index in [1.807, 2.05) is 24.3 Å². The van der Waals surface area contributed by atoms with Crippen molar-refractivity contribution < 1.29 is 13.9 Å². The predicted molar refractivity (Wildman–Crippen MR) is 133 cm³/mol. The van der Waals surface area contributed by atoms with Gasteiger partial charge in [-0.3, -0.25) is 9.59 Å². The number of benzene rings is 2. The van der Waals surface area contributed by atoms with E-state index in [1.54, 1.807) is 23.1 Å². The third kappa shape index (κ3) is 4.57. The Morgan fingerprint density at radius 2 is 1.88 bits per heavy atom. The van der Waals surface area contributed by atoms with Gasteiger partial charge in [0.25, 0.3) is 5.91 Å². The van der Waals surface area contributed by atoms with Gasteiger partial charge in [0.2, 0.25) is 5.76 Å². The van der Waals surface area contributed by atoms with E-state index in [0.29, 0.717) is 36.2 Å². The van der Waals surface area contributed by atoms with Gasteiger partial charge in [-0.2, -0.15) is 0 Å². The highest BCUT2D eigenvalue weighted by molar-refractivity contribution is 9.10. The van der Waals surface area contributed by atoms with Crippen LogP contribution in [0.15, 0.2) is 56.1 Å². The number of ether oxygens (including phenoxy) is 1. The van der Waals surface area contributed by atoms with E-state index in [2.05, 4.69) is 41.6 Å². The first-order valence-electron chi connectivity index (χ1n) is 11.5. The second-order valence-electron chi connectivity index (χ2n) is 8.16. The van der Waals surface area contributed by atoms with Crippen molar-refractivity contribution in [3.05, 3.63) is 74.0 Å². The third-order valence-electron chi connectivity index (χ3n) is 6.13. The Kier molecular flexibility index (Phi) is 7.20. The van der Waals surface area contributed by atoms with Crippen molar-refractivity contribution >= 4 is 32.8 Å². The summed E-state index contributed by atoms with van der Waals surface area (Å²) in [6.07, 6.45) is 0.898. The molecule has 0 saturated carbocycles. The molecule has 33 heavy (non-hydrogen) atoms. The highest BCUT2D eigenvalue weighted by atomic mass is 79.9. The number of hydrogen-bond donors (Lipinski definition) is 0. The molecule has 0 N–H and O–H groups in total. The standard InChI is InChI=1S/C26H29BrN2O4/c1-4-14-32-19-9-7-8-17(15-19)23-22-24(30)20-16-18(27)10-11-21(20)33-25(22)26(31)29(23)13-12-28(5-2)6-3/h7-11,15-16,23H,4-6,12-14H2,1-3H3. The molecule has 1 amide bonds. The largest absolute Gasteiger partial charge is 0.494 e. The molecule has 1 atom stereocenters. The maximum Gasteiger partial charge on any atom is 0.290 e. The highest BCUT2D eigenvalue weighted by Crippen LogP contribution is 2.39. The Bertz CT molecular complexity index is 1220. The first-order chi connectivity index (χ1) is 16.0. The first kappa shape index (κ1) is 23.5. The van der Waals surface area contributed by atoms with Crippen LogP contribution in [0.2, 0.25) is 0 Å². The average molecular weight is 513 g/mol. The number of carbonyl (C=O) groups excluding carboxylic acids is 1. The number of fused-ring (bicyclic) bond motifs is 2. The summed E-state index contributed by atoms with van der Waals surface area (Å²) in [6.45, 7) is 9.87. The van der Waals surface area contributed by atoms with Crippen molar-refractivity contribution in [2.45, 2.75) is 33.2 Å². The molecule has 1 aromatic heterocycles. The van der Waals surface area contributed by atoms with E-state index in [9.17, 15) is 9.59 Å². The summed E-state index contributed by atoms with van der Waals surface area (Å²) < 4.78 is 12.7. The summed E-state index contributed by atoms with van der Waals surface area (Å²) in [7, 11) is 0. The predicted octanol–water partition coefficient (Wildman–Crippen LogP) is 5.23. The SMILES string of the molecule is CCCOc1cccc(C2c3c(oc4ccc(Br)cc4c3=O)C(=O)N2CCN(CC)CC)c1. The van der Waals surface area contributed by atoms with Gasteiger partial charge in [-0.25, -0.2) is 0 Å². The Balaban J connectivity index is 1.85. The molecule has 0 spiro atoms. The summed E-state index contributed by atoms with van der Waals surface area (Å²) in [5, 5.41) is 0.463. The van der Waals surface area contributed by atoms with Crippen LogP contribution in [0.25, 0.3) is 11.0 Å². The van der Waals surface area contributed by atoms with Gasteiger partial charge in [0.05, 0.1) is 23.6 Å². The lowest BCUT2D eigenvalue weighted by Gasteiger charge is -2.28. The van der Waals surface area contributed by atoms with Crippen molar-refractivity contribution in [1.82, 2.24) is 9.80 Å². The van der Waals surface area contributed by atoms with Crippen LogP contribution in [-0.2, 0) is 0 Å². The van der Waals surface area contributed by atoms with E-state index in [4.69, 9.17) is 9.15 Å². The molecular formula is C26H29BrN2O4. The molecular weight excluding hydrogens is 484 g/mol. The van der Waals surface area contributed by atoms with Gasteiger partial charge in [0, 0.05) is 17.6 Å². The topological polar surface area (TPSA) is 63.0 Å². The molecule has 3 aromatic rings. The molecule has 2 aromatic carbocycles. The molecule has 0 radical (unpaired) electrons. The van der Waals surface area contributed by atoms with Crippen molar-refractivity contribution in [3.63, 3.8) is 0 Å². The highest BCUT2D eigenvalue weighted by Gasteiger charge is 2.42. The monoisotopic (exact) mass is 512 g/mol. The zero-order valence-electron chi connectivity index (χ0n) is 19.3.